The first-order valence-electron chi connectivity index (χ1n) is 11.2. The molecule has 5 nitrogen and oxygen atoms in total. The highest BCUT2D eigenvalue weighted by atomic mass is 16.5. The maximum atomic E-state index is 6.04. The smallest absolute Gasteiger partial charge is 0.191 e. The van der Waals surface area contributed by atoms with E-state index in [9.17, 15) is 0 Å². The van der Waals surface area contributed by atoms with E-state index in [1.807, 2.05) is 0 Å². The average Bonchev–Trinajstić information content (AvgIpc) is 3.17. The maximum Gasteiger partial charge on any atom is 0.191 e. The summed E-state index contributed by atoms with van der Waals surface area (Å²) in [4.78, 5) is 7.44. The number of rotatable bonds is 10. The van der Waals surface area contributed by atoms with Gasteiger partial charge in [0.2, 0.25) is 0 Å². The Kier molecular flexibility index (Phi) is 10.4. The van der Waals surface area contributed by atoms with Crippen LogP contribution < -0.4 is 10.6 Å². The number of piperidine rings is 1. The zero-order valence-electron chi connectivity index (χ0n) is 17.4. The van der Waals surface area contributed by atoms with Crippen LogP contribution in [-0.2, 0) is 4.74 Å². The van der Waals surface area contributed by atoms with Gasteiger partial charge in [-0.25, -0.2) is 0 Å². The second-order valence-corrected chi connectivity index (χ2v) is 7.85. The Morgan fingerprint density at radius 2 is 1.85 bits per heavy atom. The van der Waals surface area contributed by atoms with Crippen molar-refractivity contribution in [3.05, 3.63) is 0 Å². The Hall–Kier alpha value is -0.810. The highest BCUT2D eigenvalue weighted by Crippen LogP contribution is 2.30. The predicted octanol–water partition coefficient (Wildman–Crippen LogP) is 3.40. The molecule has 0 aromatic carbocycles. The molecule has 1 saturated heterocycles. The Labute approximate surface area is 161 Å². The lowest BCUT2D eigenvalue weighted by Gasteiger charge is -2.32. The van der Waals surface area contributed by atoms with E-state index < -0.39 is 0 Å². The lowest BCUT2D eigenvalue weighted by molar-refractivity contribution is 0.0177. The van der Waals surface area contributed by atoms with Gasteiger partial charge in [-0.1, -0.05) is 19.8 Å². The van der Waals surface area contributed by atoms with Gasteiger partial charge in [-0.15, -0.1) is 0 Å². The Morgan fingerprint density at radius 3 is 2.46 bits per heavy atom. The molecule has 1 aliphatic heterocycles. The maximum absolute atomic E-state index is 6.04. The Balaban J connectivity index is 1.78. The molecule has 0 spiro atoms. The van der Waals surface area contributed by atoms with Crippen LogP contribution in [0.15, 0.2) is 4.99 Å². The summed E-state index contributed by atoms with van der Waals surface area (Å²) in [6.45, 7) is 12.8. The fourth-order valence-electron chi connectivity index (χ4n) is 4.43. The van der Waals surface area contributed by atoms with Crippen LogP contribution in [0.25, 0.3) is 0 Å². The molecule has 1 heterocycles. The molecule has 2 rings (SSSR count). The van der Waals surface area contributed by atoms with Gasteiger partial charge in [0.05, 0.1) is 6.10 Å². The summed E-state index contributed by atoms with van der Waals surface area (Å²) in [5.41, 5.74) is 0. The largest absolute Gasteiger partial charge is 0.378 e. The molecule has 2 N–H and O–H groups in total. The quantitative estimate of drug-likeness (QED) is 0.459. The molecule has 1 saturated carbocycles. The lowest BCUT2D eigenvalue weighted by atomic mass is 9.98. The molecule has 1 unspecified atom stereocenters. The fraction of sp³-hybridized carbons (Fsp3) is 0.952. The molecule has 5 heteroatoms. The normalized spacial score (nSPS) is 21.9. The van der Waals surface area contributed by atoms with Crippen LogP contribution in [0.3, 0.4) is 0 Å². The van der Waals surface area contributed by atoms with Crippen molar-refractivity contribution in [2.24, 2.45) is 10.9 Å². The monoisotopic (exact) mass is 366 g/mol. The van der Waals surface area contributed by atoms with E-state index in [-0.39, 0.29) is 0 Å². The first-order valence-corrected chi connectivity index (χ1v) is 11.2. The summed E-state index contributed by atoms with van der Waals surface area (Å²) in [5.74, 6) is 1.74. The molecule has 2 fully saturated rings. The molecule has 1 atom stereocenters. The van der Waals surface area contributed by atoms with E-state index in [0.717, 1.165) is 38.0 Å². The summed E-state index contributed by atoms with van der Waals surface area (Å²) >= 11 is 0. The Morgan fingerprint density at radius 1 is 1.12 bits per heavy atom. The minimum absolute atomic E-state index is 0.395. The number of nitrogens with zero attached hydrogens (tertiary/aromatic N) is 2. The Bertz CT molecular complexity index is 387. The molecular weight excluding hydrogens is 324 g/mol. The standard InChI is InChI=1S/C21H42N4O/c1-4-15-25-16-12-19(13-17-25)24-21(22-5-2)23-14-11-20(26-6-3)18-9-7-8-10-18/h18-20H,4-17H2,1-3H3,(H2,22,23,24). The molecule has 0 amide bonds. The van der Waals surface area contributed by atoms with Gasteiger partial charge in [-0.3, -0.25) is 4.99 Å². The van der Waals surface area contributed by atoms with Gasteiger partial charge in [0.1, 0.15) is 0 Å². The summed E-state index contributed by atoms with van der Waals surface area (Å²) in [5, 5.41) is 7.09. The number of hydrogen-bond acceptors (Lipinski definition) is 3. The van der Waals surface area contributed by atoms with Crippen molar-refractivity contribution in [2.45, 2.75) is 84.3 Å². The van der Waals surface area contributed by atoms with Gasteiger partial charge in [0, 0.05) is 38.8 Å². The molecule has 26 heavy (non-hydrogen) atoms. The first-order chi connectivity index (χ1) is 12.8. The van der Waals surface area contributed by atoms with Crippen LogP contribution in [0.5, 0.6) is 0 Å². The molecule has 1 aliphatic carbocycles. The van der Waals surface area contributed by atoms with Crippen LogP contribution >= 0.6 is 0 Å². The molecule has 0 bridgehead atoms. The van der Waals surface area contributed by atoms with E-state index in [2.05, 4.69) is 36.3 Å². The first kappa shape index (κ1) is 21.5. The molecule has 0 radical (unpaired) electrons. The lowest BCUT2D eigenvalue weighted by Crippen LogP contribution is -2.48. The number of likely N-dealkylation sites (tertiary alicyclic amines) is 1. The SMILES string of the molecule is CCCN1CCC(NC(=NCCC(OCC)C2CCCC2)NCC)CC1. The van der Waals surface area contributed by atoms with Gasteiger partial charge < -0.3 is 20.3 Å². The topological polar surface area (TPSA) is 48.9 Å². The zero-order chi connectivity index (χ0) is 18.6. The second kappa shape index (κ2) is 12.6. The van der Waals surface area contributed by atoms with Crippen molar-refractivity contribution in [3.63, 3.8) is 0 Å². The summed E-state index contributed by atoms with van der Waals surface area (Å²) < 4.78 is 6.04. The van der Waals surface area contributed by atoms with E-state index in [4.69, 9.17) is 9.73 Å². The third kappa shape index (κ3) is 7.43. The average molecular weight is 367 g/mol. The van der Waals surface area contributed by atoms with Gasteiger partial charge in [0.25, 0.3) is 0 Å². The highest BCUT2D eigenvalue weighted by Gasteiger charge is 2.25. The van der Waals surface area contributed by atoms with E-state index in [1.165, 1.54) is 64.6 Å². The van der Waals surface area contributed by atoms with Crippen molar-refractivity contribution in [3.8, 4) is 0 Å². The van der Waals surface area contributed by atoms with Crippen molar-refractivity contribution in [1.29, 1.82) is 0 Å². The van der Waals surface area contributed by atoms with E-state index in [0.29, 0.717) is 12.1 Å². The molecule has 0 aromatic rings. The van der Waals surface area contributed by atoms with Crippen LogP contribution in [0, 0.1) is 5.92 Å². The third-order valence-electron chi connectivity index (χ3n) is 5.80. The van der Waals surface area contributed by atoms with E-state index in [1.54, 1.807) is 0 Å². The van der Waals surface area contributed by atoms with E-state index >= 15 is 0 Å². The molecule has 0 aromatic heterocycles. The minimum atomic E-state index is 0.395. The number of guanidine groups is 1. The summed E-state index contributed by atoms with van der Waals surface area (Å²) in [7, 11) is 0. The van der Waals surface area contributed by atoms with Crippen LogP contribution in [0.4, 0.5) is 0 Å². The van der Waals surface area contributed by atoms with Crippen LogP contribution in [-0.4, -0.2) is 62.3 Å². The number of aliphatic imine (C=N–C) groups is 1. The van der Waals surface area contributed by atoms with Gasteiger partial charge >= 0.3 is 0 Å². The van der Waals surface area contributed by atoms with Crippen molar-refractivity contribution in [2.75, 3.05) is 39.3 Å². The zero-order valence-corrected chi connectivity index (χ0v) is 17.4. The van der Waals surface area contributed by atoms with Gasteiger partial charge in [-0.2, -0.15) is 0 Å². The van der Waals surface area contributed by atoms with Crippen LogP contribution in [0.2, 0.25) is 0 Å². The summed E-state index contributed by atoms with van der Waals surface area (Å²) in [6.07, 6.45) is 10.5. The van der Waals surface area contributed by atoms with Crippen molar-refractivity contribution in [1.82, 2.24) is 15.5 Å². The molecule has 2 aliphatic rings. The van der Waals surface area contributed by atoms with Crippen molar-refractivity contribution >= 4 is 5.96 Å². The fourth-order valence-corrected chi connectivity index (χ4v) is 4.43. The highest BCUT2D eigenvalue weighted by molar-refractivity contribution is 5.80. The number of nitrogens with one attached hydrogen (secondary N) is 2. The number of hydrogen-bond donors (Lipinski definition) is 2. The molecule has 152 valence electrons. The van der Waals surface area contributed by atoms with Gasteiger partial charge in [-0.05, 0) is 64.8 Å². The van der Waals surface area contributed by atoms with Crippen LogP contribution in [0.1, 0.15) is 72.1 Å². The molecular formula is C21H42N4O. The number of ether oxygens (including phenoxy) is 1. The third-order valence-corrected chi connectivity index (χ3v) is 5.80. The summed E-state index contributed by atoms with van der Waals surface area (Å²) in [6, 6.07) is 0.554. The van der Waals surface area contributed by atoms with Crippen molar-refractivity contribution < 1.29 is 4.74 Å². The predicted molar refractivity (Wildman–Crippen MR) is 111 cm³/mol. The minimum Gasteiger partial charge on any atom is -0.378 e. The second-order valence-electron chi connectivity index (χ2n) is 7.85. The van der Waals surface area contributed by atoms with Gasteiger partial charge in [0.15, 0.2) is 5.96 Å².